The fraction of sp³-hybridized carbons (Fsp3) is 0.500. The van der Waals surface area contributed by atoms with E-state index in [2.05, 4.69) is 24.4 Å². The van der Waals surface area contributed by atoms with E-state index in [1.807, 2.05) is 17.0 Å². The average molecular weight is 247 g/mol. The van der Waals surface area contributed by atoms with E-state index >= 15 is 0 Å². The highest BCUT2D eigenvalue weighted by molar-refractivity contribution is 5.92. The first-order chi connectivity index (χ1) is 8.74. The zero-order valence-electron chi connectivity index (χ0n) is 10.9. The van der Waals surface area contributed by atoms with Crippen molar-refractivity contribution in [3.8, 4) is 0 Å². The second-order valence-electron chi connectivity index (χ2n) is 4.76. The van der Waals surface area contributed by atoms with Gasteiger partial charge in [0.1, 0.15) is 0 Å². The quantitative estimate of drug-likeness (QED) is 0.851. The van der Waals surface area contributed by atoms with E-state index < -0.39 is 0 Å². The third kappa shape index (κ3) is 2.82. The van der Waals surface area contributed by atoms with Crippen molar-refractivity contribution in [2.75, 3.05) is 24.5 Å². The standard InChI is InChI=1S/C14H21N3O/c1-2-11-3-5-13(6-4-11)17-10-12(7-8-15)9-16-14(17)18/h3-6,12H,2,7-10,15H2,1H3,(H,16,18). The number of aryl methyl sites for hydroxylation is 1. The summed E-state index contributed by atoms with van der Waals surface area (Å²) >= 11 is 0. The molecule has 1 aromatic carbocycles. The Bertz CT molecular complexity index is 402. The number of carbonyl (C=O) groups excluding carboxylic acids is 1. The molecule has 2 rings (SSSR count). The number of carbonyl (C=O) groups is 1. The lowest BCUT2D eigenvalue weighted by atomic mass is 10.0. The minimum Gasteiger partial charge on any atom is -0.337 e. The Balaban J connectivity index is 2.11. The van der Waals surface area contributed by atoms with Gasteiger partial charge in [0.05, 0.1) is 0 Å². The van der Waals surface area contributed by atoms with E-state index in [-0.39, 0.29) is 6.03 Å². The molecule has 1 fully saturated rings. The summed E-state index contributed by atoms with van der Waals surface area (Å²) in [6.07, 6.45) is 1.96. The number of anilines is 1. The molecule has 1 aliphatic heterocycles. The average Bonchev–Trinajstić information content (AvgIpc) is 2.41. The molecular weight excluding hydrogens is 226 g/mol. The molecule has 18 heavy (non-hydrogen) atoms. The first-order valence-electron chi connectivity index (χ1n) is 6.59. The minimum atomic E-state index is -0.00693. The Kier molecular flexibility index (Phi) is 4.20. The fourth-order valence-electron chi connectivity index (χ4n) is 2.30. The van der Waals surface area contributed by atoms with Crippen LogP contribution in [0.3, 0.4) is 0 Å². The largest absolute Gasteiger partial charge is 0.337 e. The number of nitrogens with zero attached hydrogens (tertiary/aromatic N) is 1. The molecule has 1 aliphatic rings. The third-order valence-corrected chi connectivity index (χ3v) is 3.46. The van der Waals surface area contributed by atoms with Crippen molar-refractivity contribution in [3.05, 3.63) is 29.8 Å². The van der Waals surface area contributed by atoms with Crippen LogP contribution in [0.25, 0.3) is 0 Å². The molecule has 2 amide bonds. The molecule has 0 radical (unpaired) electrons. The Morgan fingerprint density at radius 1 is 1.39 bits per heavy atom. The van der Waals surface area contributed by atoms with Crippen molar-refractivity contribution in [1.29, 1.82) is 0 Å². The maximum absolute atomic E-state index is 11.9. The molecule has 1 atom stereocenters. The summed E-state index contributed by atoms with van der Waals surface area (Å²) in [4.78, 5) is 13.7. The summed E-state index contributed by atoms with van der Waals surface area (Å²) in [6.45, 7) is 4.29. The lowest BCUT2D eigenvalue weighted by Gasteiger charge is -2.33. The van der Waals surface area contributed by atoms with Gasteiger partial charge in [0.25, 0.3) is 0 Å². The van der Waals surface area contributed by atoms with Gasteiger partial charge in [-0.1, -0.05) is 19.1 Å². The maximum Gasteiger partial charge on any atom is 0.321 e. The zero-order valence-corrected chi connectivity index (χ0v) is 10.9. The highest BCUT2D eigenvalue weighted by Crippen LogP contribution is 2.20. The molecule has 0 saturated carbocycles. The number of rotatable bonds is 4. The second-order valence-corrected chi connectivity index (χ2v) is 4.76. The van der Waals surface area contributed by atoms with Crippen LogP contribution >= 0.6 is 0 Å². The van der Waals surface area contributed by atoms with Gasteiger partial charge in [0, 0.05) is 18.8 Å². The van der Waals surface area contributed by atoms with Gasteiger partial charge in [-0.15, -0.1) is 0 Å². The van der Waals surface area contributed by atoms with Crippen molar-refractivity contribution < 1.29 is 4.79 Å². The van der Waals surface area contributed by atoms with Gasteiger partial charge >= 0.3 is 6.03 Å². The highest BCUT2D eigenvalue weighted by atomic mass is 16.2. The Labute approximate surface area is 108 Å². The van der Waals surface area contributed by atoms with Gasteiger partial charge in [-0.05, 0) is 43.0 Å². The predicted octanol–water partition coefficient (Wildman–Crippen LogP) is 1.74. The van der Waals surface area contributed by atoms with Gasteiger partial charge in [-0.25, -0.2) is 4.79 Å². The van der Waals surface area contributed by atoms with Crippen LogP contribution in [0.2, 0.25) is 0 Å². The molecule has 4 heteroatoms. The number of nitrogens with one attached hydrogen (secondary N) is 1. The normalized spacial score (nSPS) is 19.8. The number of nitrogens with two attached hydrogens (primary N) is 1. The summed E-state index contributed by atoms with van der Waals surface area (Å²) in [7, 11) is 0. The van der Waals surface area contributed by atoms with E-state index in [0.717, 1.165) is 31.6 Å². The molecule has 1 aromatic rings. The van der Waals surface area contributed by atoms with Crippen molar-refractivity contribution in [3.63, 3.8) is 0 Å². The monoisotopic (exact) mass is 247 g/mol. The summed E-state index contributed by atoms with van der Waals surface area (Å²) < 4.78 is 0. The van der Waals surface area contributed by atoms with Gasteiger partial charge < -0.3 is 11.1 Å². The maximum atomic E-state index is 11.9. The van der Waals surface area contributed by atoms with E-state index in [9.17, 15) is 4.79 Å². The van der Waals surface area contributed by atoms with Gasteiger partial charge in [0.15, 0.2) is 0 Å². The molecule has 1 saturated heterocycles. The number of hydrogen-bond donors (Lipinski definition) is 2. The van der Waals surface area contributed by atoms with Crippen molar-refractivity contribution in [1.82, 2.24) is 5.32 Å². The summed E-state index contributed by atoms with van der Waals surface area (Å²) in [5.41, 5.74) is 7.84. The predicted molar refractivity (Wildman–Crippen MR) is 73.7 cm³/mol. The van der Waals surface area contributed by atoms with Gasteiger partial charge in [-0.2, -0.15) is 0 Å². The SMILES string of the molecule is CCc1ccc(N2CC(CCN)CNC2=O)cc1. The lowest BCUT2D eigenvalue weighted by molar-refractivity contribution is 0.236. The van der Waals surface area contributed by atoms with Crippen LogP contribution in [0, 0.1) is 5.92 Å². The first-order valence-corrected chi connectivity index (χ1v) is 6.59. The number of hydrogen-bond acceptors (Lipinski definition) is 2. The molecule has 0 spiro atoms. The number of amides is 2. The van der Waals surface area contributed by atoms with E-state index in [4.69, 9.17) is 5.73 Å². The lowest BCUT2D eigenvalue weighted by Crippen LogP contribution is -2.51. The third-order valence-electron chi connectivity index (χ3n) is 3.46. The van der Waals surface area contributed by atoms with Crippen molar-refractivity contribution >= 4 is 11.7 Å². The zero-order chi connectivity index (χ0) is 13.0. The molecule has 3 N–H and O–H groups in total. The Hall–Kier alpha value is -1.55. The van der Waals surface area contributed by atoms with Crippen LogP contribution in [0.15, 0.2) is 24.3 Å². The summed E-state index contributed by atoms with van der Waals surface area (Å²) in [5, 5.41) is 2.93. The molecule has 0 bridgehead atoms. The fourth-order valence-corrected chi connectivity index (χ4v) is 2.30. The van der Waals surface area contributed by atoms with Crippen LogP contribution in [0.4, 0.5) is 10.5 Å². The molecule has 0 aliphatic carbocycles. The molecule has 1 heterocycles. The molecule has 98 valence electrons. The minimum absolute atomic E-state index is 0.00693. The molecule has 4 nitrogen and oxygen atoms in total. The number of urea groups is 1. The second kappa shape index (κ2) is 5.87. The van der Waals surface area contributed by atoms with Gasteiger partial charge in [0.2, 0.25) is 0 Å². The summed E-state index contributed by atoms with van der Waals surface area (Å²) in [5.74, 6) is 0.443. The highest BCUT2D eigenvalue weighted by Gasteiger charge is 2.25. The van der Waals surface area contributed by atoms with Gasteiger partial charge in [-0.3, -0.25) is 4.90 Å². The molecule has 1 unspecified atom stereocenters. The van der Waals surface area contributed by atoms with Crippen LogP contribution < -0.4 is 16.0 Å². The van der Waals surface area contributed by atoms with Crippen LogP contribution in [0.5, 0.6) is 0 Å². The Morgan fingerprint density at radius 3 is 2.72 bits per heavy atom. The molecular formula is C14H21N3O. The van der Waals surface area contributed by atoms with E-state index in [1.54, 1.807) is 0 Å². The van der Waals surface area contributed by atoms with Crippen molar-refractivity contribution in [2.24, 2.45) is 11.7 Å². The van der Waals surface area contributed by atoms with Crippen molar-refractivity contribution in [2.45, 2.75) is 19.8 Å². The first kappa shape index (κ1) is 12.9. The smallest absolute Gasteiger partial charge is 0.321 e. The van der Waals surface area contributed by atoms with E-state index in [0.29, 0.717) is 12.5 Å². The number of benzene rings is 1. The van der Waals surface area contributed by atoms with E-state index in [1.165, 1.54) is 5.56 Å². The topological polar surface area (TPSA) is 58.4 Å². The summed E-state index contributed by atoms with van der Waals surface area (Å²) in [6, 6.07) is 8.18. The van der Waals surface area contributed by atoms with Crippen LogP contribution in [-0.4, -0.2) is 25.7 Å². The molecule has 0 aromatic heterocycles. The Morgan fingerprint density at radius 2 is 2.11 bits per heavy atom. The van der Waals surface area contributed by atoms with Crippen LogP contribution in [0.1, 0.15) is 18.9 Å². The van der Waals surface area contributed by atoms with Crippen LogP contribution in [-0.2, 0) is 6.42 Å².